The topological polar surface area (TPSA) is 52.0 Å². The molecule has 2 aromatic rings. The quantitative estimate of drug-likeness (QED) is 0.864. The van der Waals surface area contributed by atoms with Crippen molar-refractivity contribution in [1.29, 1.82) is 0 Å². The molecule has 0 amide bonds. The normalized spacial score (nSPS) is 10.9. The predicted octanol–water partition coefficient (Wildman–Crippen LogP) is 2.16. The Bertz CT molecular complexity index is 522. The maximum Gasteiger partial charge on any atom is 0.165 e. The van der Waals surface area contributed by atoms with Gasteiger partial charge in [-0.05, 0) is 38.6 Å². The van der Waals surface area contributed by atoms with Crippen LogP contribution in [-0.2, 0) is 13.2 Å². The Morgan fingerprint density at radius 2 is 2.21 bits per heavy atom. The molecule has 1 heterocycles. The first-order chi connectivity index (χ1) is 9.20. The van der Waals surface area contributed by atoms with Crippen molar-refractivity contribution < 1.29 is 4.74 Å². The third kappa shape index (κ3) is 3.54. The van der Waals surface area contributed by atoms with Crippen molar-refractivity contribution in [3.63, 3.8) is 0 Å². The van der Waals surface area contributed by atoms with E-state index in [1.54, 1.807) is 6.33 Å². The van der Waals surface area contributed by atoms with Crippen molar-refractivity contribution in [2.45, 2.75) is 33.0 Å². The first-order valence-electron chi connectivity index (χ1n) is 6.45. The van der Waals surface area contributed by atoms with Gasteiger partial charge in [0.1, 0.15) is 18.7 Å². The van der Waals surface area contributed by atoms with E-state index in [1.165, 1.54) is 5.56 Å². The van der Waals surface area contributed by atoms with Crippen molar-refractivity contribution in [2.75, 3.05) is 7.05 Å². The Hall–Kier alpha value is -1.88. The van der Waals surface area contributed by atoms with E-state index in [2.05, 4.69) is 35.3 Å². The molecule has 0 saturated heterocycles. The van der Waals surface area contributed by atoms with Gasteiger partial charge in [-0.25, -0.2) is 9.67 Å². The molecule has 1 aromatic carbocycles. The molecule has 0 aliphatic carbocycles. The van der Waals surface area contributed by atoms with E-state index in [4.69, 9.17) is 4.74 Å². The summed E-state index contributed by atoms with van der Waals surface area (Å²) >= 11 is 0. The van der Waals surface area contributed by atoms with Gasteiger partial charge in [-0.3, -0.25) is 0 Å². The standard InChI is InChI=1S/C14H20N4O/c1-11(2)18-14(16-10-17-18)9-19-13-6-4-5-12(7-13)8-15-3/h4-7,10-11,15H,8-9H2,1-3H3. The average Bonchev–Trinajstić information content (AvgIpc) is 2.86. The molecule has 19 heavy (non-hydrogen) atoms. The molecule has 0 aliphatic heterocycles. The van der Waals surface area contributed by atoms with Crippen molar-refractivity contribution >= 4 is 0 Å². The van der Waals surface area contributed by atoms with Crippen LogP contribution in [0.5, 0.6) is 5.75 Å². The summed E-state index contributed by atoms with van der Waals surface area (Å²) in [6.45, 7) is 5.41. The van der Waals surface area contributed by atoms with Gasteiger partial charge < -0.3 is 10.1 Å². The molecule has 0 saturated carbocycles. The van der Waals surface area contributed by atoms with Gasteiger partial charge in [0.25, 0.3) is 0 Å². The highest BCUT2D eigenvalue weighted by molar-refractivity contribution is 5.28. The number of nitrogens with zero attached hydrogens (tertiary/aromatic N) is 3. The van der Waals surface area contributed by atoms with Gasteiger partial charge in [0.15, 0.2) is 5.82 Å². The molecule has 0 aliphatic rings. The van der Waals surface area contributed by atoms with E-state index in [-0.39, 0.29) is 6.04 Å². The van der Waals surface area contributed by atoms with Crippen molar-refractivity contribution in [2.24, 2.45) is 0 Å². The van der Waals surface area contributed by atoms with Gasteiger partial charge in [0, 0.05) is 12.6 Å². The molecule has 1 aromatic heterocycles. The fourth-order valence-electron chi connectivity index (χ4n) is 1.91. The number of aromatic nitrogens is 3. The van der Waals surface area contributed by atoms with Crippen LogP contribution in [0.15, 0.2) is 30.6 Å². The fourth-order valence-corrected chi connectivity index (χ4v) is 1.91. The fraction of sp³-hybridized carbons (Fsp3) is 0.429. The number of nitrogens with one attached hydrogen (secondary N) is 1. The van der Waals surface area contributed by atoms with E-state index in [1.807, 2.05) is 29.9 Å². The molecule has 0 spiro atoms. The maximum absolute atomic E-state index is 5.78. The number of ether oxygens (including phenoxy) is 1. The van der Waals surface area contributed by atoms with Gasteiger partial charge in [0.2, 0.25) is 0 Å². The summed E-state index contributed by atoms with van der Waals surface area (Å²) in [7, 11) is 1.93. The number of benzene rings is 1. The summed E-state index contributed by atoms with van der Waals surface area (Å²) in [6.07, 6.45) is 1.57. The number of hydrogen-bond acceptors (Lipinski definition) is 4. The molecule has 0 radical (unpaired) electrons. The van der Waals surface area contributed by atoms with Crippen LogP contribution < -0.4 is 10.1 Å². The van der Waals surface area contributed by atoms with Crippen molar-refractivity contribution in [3.05, 3.63) is 42.0 Å². The predicted molar refractivity (Wildman–Crippen MR) is 73.9 cm³/mol. The molecule has 2 rings (SSSR count). The molecular formula is C14H20N4O. The maximum atomic E-state index is 5.78. The van der Waals surface area contributed by atoms with E-state index < -0.39 is 0 Å². The number of hydrogen-bond donors (Lipinski definition) is 1. The summed E-state index contributed by atoms with van der Waals surface area (Å²) in [5.41, 5.74) is 1.20. The Morgan fingerprint density at radius 1 is 1.37 bits per heavy atom. The highest BCUT2D eigenvalue weighted by atomic mass is 16.5. The zero-order chi connectivity index (χ0) is 13.7. The molecular weight excluding hydrogens is 240 g/mol. The van der Waals surface area contributed by atoms with Crippen LogP contribution in [0.2, 0.25) is 0 Å². The monoisotopic (exact) mass is 260 g/mol. The van der Waals surface area contributed by atoms with Crippen LogP contribution in [0, 0.1) is 0 Å². The van der Waals surface area contributed by atoms with Crippen molar-refractivity contribution in [3.8, 4) is 5.75 Å². The highest BCUT2D eigenvalue weighted by Crippen LogP contribution is 2.15. The summed E-state index contributed by atoms with van der Waals surface area (Å²) in [5, 5.41) is 7.31. The summed E-state index contributed by atoms with van der Waals surface area (Å²) < 4.78 is 7.65. The van der Waals surface area contributed by atoms with Crippen LogP contribution in [-0.4, -0.2) is 21.8 Å². The second-order valence-electron chi connectivity index (χ2n) is 4.68. The lowest BCUT2D eigenvalue weighted by molar-refractivity contribution is 0.282. The van der Waals surface area contributed by atoms with Gasteiger partial charge in [-0.15, -0.1) is 0 Å². The Morgan fingerprint density at radius 3 is 2.95 bits per heavy atom. The van der Waals surface area contributed by atoms with E-state index >= 15 is 0 Å². The molecule has 5 heteroatoms. The molecule has 1 N–H and O–H groups in total. The molecule has 0 unspecified atom stereocenters. The minimum Gasteiger partial charge on any atom is -0.486 e. The minimum absolute atomic E-state index is 0.289. The van der Waals surface area contributed by atoms with E-state index in [0.717, 1.165) is 18.1 Å². The minimum atomic E-state index is 0.289. The van der Waals surface area contributed by atoms with Gasteiger partial charge >= 0.3 is 0 Å². The zero-order valence-corrected chi connectivity index (χ0v) is 11.6. The summed E-state index contributed by atoms with van der Waals surface area (Å²) in [4.78, 5) is 4.23. The molecule has 102 valence electrons. The van der Waals surface area contributed by atoms with Gasteiger partial charge in [-0.2, -0.15) is 5.10 Å². The molecule has 5 nitrogen and oxygen atoms in total. The van der Waals surface area contributed by atoms with E-state index in [9.17, 15) is 0 Å². The zero-order valence-electron chi connectivity index (χ0n) is 11.6. The van der Waals surface area contributed by atoms with Crippen LogP contribution in [0.3, 0.4) is 0 Å². The molecule has 0 atom stereocenters. The summed E-state index contributed by atoms with van der Waals surface area (Å²) in [6, 6.07) is 8.34. The lowest BCUT2D eigenvalue weighted by Gasteiger charge is -2.11. The third-order valence-corrected chi connectivity index (χ3v) is 2.78. The first-order valence-corrected chi connectivity index (χ1v) is 6.45. The highest BCUT2D eigenvalue weighted by Gasteiger charge is 2.08. The Kier molecular flexibility index (Phi) is 4.52. The van der Waals surface area contributed by atoms with Crippen LogP contribution >= 0.6 is 0 Å². The lowest BCUT2D eigenvalue weighted by atomic mass is 10.2. The van der Waals surface area contributed by atoms with Crippen molar-refractivity contribution in [1.82, 2.24) is 20.1 Å². The van der Waals surface area contributed by atoms with Gasteiger partial charge in [-0.1, -0.05) is 12.1 Å². The van der Waals surface area contributed by atoms with Crippen LogP contribution in [0.25, 0.3) is 0 Å². The Labute approximate surface area is 113 Å². The van der Waals surface area contributed by atoms with Gasteiger partial charge in [0.05, 0.1) is 0 Å². The summed E-state index contributed by atoms with van der Waals surface area (Å²) in [5.74, 6) is 1.69. The Balaban J connectivity index is 2.02. The van der Waals surface area contributed by atoms with E-state index in [0.29, 0.717) is 6.61 Å². The number of rotatable bonds is 6. The molecule has 0 bridgehead atoms. The smallest absolute Gasteiger partial charge is 0.165 e. The third-order valence-electron chi connectivity index (χ3n) is 2.78. The first kappa shape index (κ1) is 13.5. The second kappa shape index (κ2) is 6.33. The van der Waals surface area contributed by atoms with Crippen LogP contribution in [0.1, 0.15) is 31.3 Å². The lowest BCUT2D eigenvalue weighted by Crippen LogP contribution is -2.11. The average molecular weight is 260 g/mol. The molecule has 0 fully saturated rings. The van der Waals surface area contributed by atoms with Crippen LogP contribution in [0.4, 0.5) is 0 Å². The largest absolute Gasteiger partial charge is 0.486 e. The second-order valence-corrected chi connectivity index (χ2v) is 4.68. The SMILES string of the molecule is CNCc1cccc(OCc2ncnn2C(C)C)c1.